The standard InChI is InChI=1S/C11H16N4O3/c1-14(5-8-3-2-4-8)10(16)7-15-6-9(11(17)18)12-13-15/h6,8H,2-5,7H2,1H3,(H,17,18). The number of carboxylic acids is 1. The monoisotopic (exact) mass is 252 g/mol. The Labute approximate surface area is 104 Å². The van der Waals surface area contributed by atoms with Gasteiger partial charge in [0.05, 0.1) is 6.20 Å². The molecule has 0 spiro atoms. The molecule has 1 aliphatic carbocycles. The van der Waals surface area contributed by atoms with Crippen LogP contribution in [0.2, 0.25) is 0 Å². The van der Waals surface area contributed by atoms with E-state index in [0.717, 1.165) is 6.54 Å². The molecule has 7 heteroatoms. The highest BCUT2D eigenvalue weighted by atomic mass is 16.4. The second-order valence-corrected chi connectivity index (χ2v) is 4.68. The van der Waals surface area contributed by atoms with Crippen LogP contribution >= 0.6 is 0 Å². The molecular weight excluding hydrogens is 236 g/mol. The molecular formula is C11H16N4O3. The van der Waals surface area contributed by atoms with E-state index in [4.69, 9.17) is 5.11 Å². The Bertz CT molecular complexity index is 453. The number of amides is 1. The number of hydrogen-bond donors (Lipinski definition) is 1. The van der Waals surface area contributed by atoms with Crippen LogP contribution in [0, 0.1) is 5.92 Å². The minimum absolute atomic E-state index is 0.0312. The molecule has 7 nitrogen and oxygen atoms in total. The van der Waals surface area contributed by atoms with Crippen molar-refractivity contribution in [3.05, 3.63) is 11.9 Å². The van der Waals surface area contributed by atoms with Gasteiger partial charge in [-0.3, -0.25) is 4.79 Å². The first-order valence-corrected chi connectivity index (χ1v) is 5.93. The second-order valence-electron chi connectivity index (χ2n) is 4.68. The molecule has 0 radical (unpaired) electrons. The molecule has 1 N–H and O–H groups in total. The van der Waals surface area contributed by atoms with Gasteiger partial charge in [0.1, 0.15) is 6.54 Å². The predicted molar refractivity (Wildman–Crippen MR) is 62.0 cm³/mol. The molecule has 0 unspecified atom stereocenters. The molecule has 1 aliphatic rings. The van der Waals surface area contributed by atoms with E-state index < -0.39 is 5.97 Å². The van der Waals surface area contributed by atoms with Crippen LogP contribution < -0.4 is 0 Å². The quantitative estimate of drug-likeness (QED) is 0.810. The van der Waals surface area contributed by atoms with E-state index in [0.29, 0.717) is 5.92 Å². The number of aromatic carboxylic acids is 1. The van der Waals surface area contributed by atoms with Gasteiger partial charge >= 0.3 is 5.97 Å². The second kappa shape index (κ2) is 5.16. The lowest BCUT2D eigenvalue weighted by Gasteiger charge is -2.30. The molecule has 1 amide bonds. The summed E-state index contributed by atoms with van der Waals surface area (Å²) >= 11 is 0. The first-order chi connectivity index (χ1) is 8.56. The maximum atomic E-state index is 11.9. The third-order valence-corrected chi connectivity index (χ3v) is 3.24. The zero-order valence-corrected chi connectivity index (χ0v) is 10.2. The molecule has 1 saturated carbocycles. The third-order valence-electron chi connectivity index (χ3n) is 3.24. The average Bonchev–Trinajstić information content (AvgIpc) is 2.71. The zero-order chi connectivity index (χ0) is 13.1. The number of carboxylic acid groups (broad SMARTS) is 1. The summed E-state index contributed by atoms with van der Waals surface area (Å²) in [5.41, 5.74) is -0.149. The van der Waals surface area contributed by atoms with Gasteiger partial charge in [0.2, 0.25) is 5.91 Å². The Kier molecular flexibility index (Phi) is 3.59. The highest BCUT2D eigenvalue weighted by Gasteiger charge is 2.21. The van der Waals surface area contributed by atoms with Crippen molar-refractivity contribution in [3.63, 3.8) is 0 Å². The highest BCUT2D eigenvalue weighted by Crippen LogP contribution is 2.26. The van der Waals surface area contributed by atoms with E-state index in [-0.39, 0.29) is 18.1 Å². The molecule has 1 aromatic rings. The Morgan fingerprint density at radius 3 is 2.78 bits per heavy atom. The maximum absolute atomic E-state index is 11.9. The summed E-state index contributed by atoms with van der Waals surface area (Å²) in [6.45, 7) is 0.794. The number of hydrogen-bond acceptors (Lipinski definition) is 4. The van der Waals surface area contributed by atoms with Crippen molar-refractivity contribution in [2.75, 3.05) is 13.6 Å². The molecule has 0 saturated heterocycles. The van der Waals surface area contributed by atoms with Crippen molar-refractivity contribution in [2.24, 2.45) is 5.92 Å². The average molecular weight is 252 g/mol. The summed E-state index contributed by atoms with van der Waals surface area (Å²) in [6, 6.07) is 0. The molecule has 1 fully saturated rings. The predicted octanol–water partition coefficient (Wildman–Crippen LogP) is 0.235. The molecule has 1 heterocycles. The molecule has 0 bridgehead atoms. The minimum Gasteiger partial charge on any atom is -0.476 e. The van der Waals surface area contributed by atoms with Crippen LogP contribution in [0.4, 0.5) is 0 Å². The third kappa shape index (κ3) is 2.85. The number of rotatable bonds is 5. The lowest BCUT2D eigenvalue weighted by Crippen LogP contribution is -2.36. The van der Waals surface area contributed by atoms with Crippen LogP contribution in [0.25, 0.3) is 0 Å². The summed E-state index contributed by atoms with van der Waals surface area (Å²) in [4.78, 5) is 24.1. The van der Waals surface area contributed by atoms with Crippen LogP contribution in [-0.2, 0) is 11.3 Å². The minimum atomic E-state index is -1.14. The van der Waals surface area contributed by atoms with Crippen molar-refractivity contribution < 1.29 is 14.7 Å². The summed E-state index contributed by atoms with van der Waals surface area (Å²) < 4.78 is 1.25. The maximum Gasteiger partial charge on any atom is 0.358 e. The van der Waals surface area contributed by atoms with E-state index >= 15 is 0 Å². The molecule has 1 aromatic heterocycles. The van der Waals surface area contributed by atoms with E-state index in [9.17, 15) is 9.59 Å². The van der Waals surface area contributed by atoms with Crippen molar-refractivity contribution in [3.8, 4) is 0 Å². The fourth-order valence-corrected chi connectivity index (χ4v) is 1.90. The van der Waals surface area contributed by atoms with Gasteiger partial charge in [0, 0.05) is 13.6 Å². The van der Waals surface area contributed by atoms with Crippen LogP contribution in [-0.4, -0.2) is 50.5 Å². The smallest absolute Gasteiger partial charge is 0.358 e. The summed E-state index contributed by atoms with van der Waals surface area (Å²) in [5.74, 6) is -0.607. The lowest BCUT2D eigenvalue weighted by atomic mass is 9.85. The number of carbonyl (C=O) groups excluding carboxylic acids is 1. The Balaban J connectivity index is 1.86. The van der Waals surface area contributed by atoms with Crippen LogP contribution in [0.5, 0.6) is 0 Å². The summed E-state index contributed by atoms with van der Waals surface area (Å²) in [5, 5.41) is 15.8. The summed E-state index contributed by atoms with van der Waals surface area (Å²) in [6.07, 6.45) is 4.88. The van der Waals surface area contributed by atoms with E-state index in [1.54, 1.807) is 11.9 Å². The van der Waals surface area contributed by atoms with Crippen molar-refractivity contribution in [1.82, 2.24) is 19.9 Å². The molecule has 18 heavy (non-hydrogen) atoms. The van der Waals surface area contributed by atoms with Gasteiger partial charge in [0.15, 0.2) is 5.69 Å². The number of carbonyl (C=O) groups is 2. The molecule has 0 atom stereocenters. The molecule has 2 rings (SSSR count). The largest absolute Gasteiger partial charge is 0.476 e. The topological polar surface area (TPSA) is 88.3 Å². The Morgan fingerprint density at radius 1 is 1.56 bits per heavy atom. The molecule has 0 aliphatic heterocycles. The van der Waals surface area contributed by atoms with Crippen molar-refractivity contribution in [2.45, 2.75) is 25.8 Å². The fourth-order valence-electron chi connectivity index (χ4n) is 1.90. The zero-order valence-electron chi connectivity index (χ0n) is 10.2. The van der Waals surface area contributed by atoms with Gasteiger partial charge in [-0.1, -0.05) is 11.6 Å². The highest BCUT2D eigenvalue weighted by molar-refractivity contribution is 5.84. The summed E-state index contributed by atoms with van der Waals surface area (Å²) in [7, 11) is 1.76. The van der Waals surface area contributed by atoms with Gasteiger partial charge in [-0.15, -0.1) is 5.10 Å². The van der Waals surface area contributed by atoms with Gasteiger partial charge in [0.25, 0.3) is 0 Å². The van der Waals surface area contributed by atoms with Crippen LogP contribution in [0.15, 0.2) is 6.20 Å². The normalized spacial score (nSPS) is 15.2. The molecule has 98 valence electrons. The van der Waals surface area contributed by atoms with E-state index in [2.05, 4.69) is 10.3 Å². The van der Waals surface area contributed by atoms with Crippen LogP contribution in [0.3, 0.4) is 0 Å². The van der Waals surface area contributed by atoms with Gasteiger partial charge in [-0.25, -0.2) is 9.48 Å². The SMILES string of the molecule is CN(CC1CCC1)C(=O)Cn1cc(C(=O)O)nn1. The molecule has 0 aromatic carbocycles. The van der Waals surface area contributed by atoms with Gasteiger partial charge < -0.3 is 10.0 Å². The lowest BCUT2D eigenvalue weighted by molar-refractivity contribution is -0.131. The first kappa shape index (κ1) is 12.5. The van der Waals surface area contributed by atoms with Crippen molar-refractivity contribution in [1.29, 1.82) is 0 Å². The van der Waals surface area contributed by atoms with Crippen LogP contribution in [0.1, 0.15) is 29.8 Å². The first-order valence-electron chi connectivity index (χ1n) is 5.93. The Morgan fingerprint density at radius 2 is 2.28 bits per heavy atom. The van der Waals surface area contributed by atoms with Gasteiger partial charge in [-0.05, 0) is 18.8 Å². The van der Waals surface area contributed by atoms with E-state index in [1.165, 1.54) is 30.1 Å². The fraction of sp³-hybridized carbons (Fsp3) is 0.636. The number of aromatic nitrogens is 3. The van der Waals surface area contributed by atoms with Gasteiger partial charge in [-0.2, -0.15) is 0 Å². The number of likely N-dealkylation sites (N-methyl/N-ethyl adjacent to an activating group) is 1. The number of nitrogens with zero attached hydrogens (tertiary/aromatic N) is 4. The Hall–Kier alpha value is -1.92. The van der Waals surface area contributed by atoms with E-state index in [1.807, 2.05) is 0 Å². The van der Waals surface area contributed by atoms with Crippen molar-refractivity contribution >= 4 is 11.9 Å².